The van der Waals surface area contributed by atoms with Crippen LogP contribution in [0.25, 0.3) is 0 Å². The summed E-state index contributed by atoms with van der Waals surface area (Å²) in [7, 11) is 0. The van der Waals surface area contributed by atoms with Gasteiger partial charge >= 0.3 is 11.9 Å². The molecule has 2 aliphatic rings. The predicted molar refractivity (Wildman–Crippen MR) is 36.4 cm³/mol. The van der Waals surface area contributed by atoms with Crippen LogP contribution in [-0.2, 0) is 14.3 Å². The van der Waals surface area contributed by atoms with Gasteiger partial charge in [-0.25, -0.2) is 0 Å². The summed E-state index contributed by atoms with van der Waals surface area (Å²) in [6, 6.07) is 0. The number of ether oxygens (including phenoxy) is 1. The minimum atomic E-state index is -0.430. The Morgan fingerprint density at radius 1 is 1.00 bits per heavy atom. The topological polar surface area (TPSA) is 43.4 Å². The summed E-state index contributed by atoms with van der Waals surface area (Å²) in [5, 5.41) is 0. The molecule has 11 heavy (non-hydrogen) atoms. The van der Waals surface area contributed by atoms with Crippen molar-refractivity contribution in [2.45, 2.75) is 0 Å². The van der Waals surface area contributed by atoms with Crippen LogP contribution in [-0.4, -0.2) is 11.9 Å². The van der Waals surface area contributed by atoms with Crippen molar-refractivity contribution in [2.24, 2.45) is 11.8 Å². The first kappa shape index (κ1) is 6.34. The zero-order valence-electron chi connectivity index (χ0n) is 5.69. The van der Waals surface area contributed by atoms with E-state index in [-0.39, 0.29) is 11.8 Å². The average Bonchev–Trinajstić information content (AvgIpc) is 2.30. The third kappa shape index (κ3) is 0.808. The van der Waals surface area contributed by atoms with Crippen molar-refractivity contribution in [3.05, 3.63) is 24.3 Å². The van der Waals surface area contributed by atoms with Gasteiger partial charge in [0.15, 0.2) is 0 Å². The number of esters is 2. The zero-order valence-corrected chi connectivity index (χ0v) is 5.69. The van der Waals surface area contributed by atoms with E-state index < -0.39 is 11.9 Å². The van der Waals surface area contributed by atoms with Crippen molar-refractivity contribution in [3.8, 4) is 0 Å². The lowest BCUT2D eigenvalue weighted by molar-refractivity contribution is -0.153. The lowest BCUT2D eigenvalue weighted by atomic mass is 9.91. The van der Waals surface area contributed by atoms with E-state index in [0.717, 1.165) is 0 Å². The molecule has 56 valence electrons. The van der Waals surface area contributed by atoms with Crippen LogP contribution in [0.3, 0.4) is 0 Å². The Morgan fingerprint density at radius 2 is 1.45 bits per heavy atom. The Kier molecular flexibility index (Phi) is 1.18. The van der Waals surface area contributed by atoms with Gasteiger partial charge in [-0.3, -0.25) is 9.59 Å². The van der Waals surface area contributed by atoms with E-state index in [9.17, 15) is 9.59 Å². The van der Waals surface area contributed by atoms with Gasteiger partial charge in [0.25, 0.3) is 0 Å². The highest BCUT2D eigenvalue weighted by Crippen LogP contribution is 2.28. The van der Waals surface area contributed by atoms with Crippen LogP contribution >= 0.6 is 0 Å². The molecule has 0 aromatic rings. The molecule has 0 amide bonds. The van der Waals surface area contributed by atoms with Crippen molar-refractivity contribution in [3.63, 3.8) is 0 Å². The average molecular weight is 150 g/mol. The minimum absolute atomic E-state index is 0.368. The molecule has 2 atom stereocenters. The standard InChI is InChI=1S/C8H6O3/c9-7-5-3-1-2-4-6(5)8(10)11-7/h1-6H/t5-,6-/m1/s1. The Bertz CT molecular complexity index is 247. The molecule has 3 heteroatoms. The van der Waals surface area contributed by atoms with Crippen LogP contribution in [0.15, 0.2) is 24.3 Å². The van der Waals surface area contributed by atoms with E-state index in [2.05, 4.69) is 4.74 Å². The fourth-order valence-corrected chi connectivity index (χ4v) is 1.29. The second-order valence-electron chi connectivity index (χ2n) is 2.56. The molecule has 0 N–H and O–H groups in total. The van der Waals surface area contributed by atoms with Gasteiger partial charge in [-0.05, 0) is 0 Å². The number of carbonyl (C=O) groups is 2. The van der Waals surface area contributed by atoms with Crippen LogP contribution < -0.4 is 0 Å². The lowest BCUT2D eigenvalue weighted by Gasteiger charge is -2.06. The summed E-state index contributed by atoms with van der Waals surface area (Å²) in [5.74, 6) is -1.60. The van der Waals surface area contributed by atoms with Crippen LogP contribution in [0.2, 0.25) is 0 Å². The number of rotatable bonds is 0. The Hall–Kier alpha value is -1.38. The van der Waals surface area contributed by atoms with Crippen LogP contribution in [0.5, 0.6) is 0 Å². The van der Waals surface area contributed by atoms with Gasteiger partial charge in [-0.2, -0.15) is 0 Å². The molecule has 1 saturated heterocycles. The maximum absolute atomic E-state index is 10.9. The molecule has 0 unspecified atom stereocenters. The molecule has 2 rings (SSSR count). The third-order valence-electron chi connectivity index (χ3n) is 1.88. The molecule has 0 radical (unpaired) electrons. The lowest BCUT2D eigenvalue weighted by Crippen LogP contribution is -2.14. The summed E-state index contributed by atoms with van der Waals surface area (Å²) in [6.07, 6.45) is 6.89. The van der Waals surface area contributed by atoms with Crippen LogP contribution in [0.4, 0.5) is 0 Å². The van der Waals surface area contributed by atoms with Gasteiger partial charge in [0.1, 0.15) is 0 Å². The number of carbonyl (C=O) groups excluding carboxylic acids is 2. The molecule has 0 aromatic carbocycles. The number of cyclic esters (lactones) is 2. The largest absolute Gasteiger partial charge is 0.392 e. The summed E-state index contributed by atoms with van der Waals surface area (Å²) < 4.78 is 4.43. The van der Waals surface area contributed by atoms with Gasteiger partial charge < -0.3 is 4.74 Å². The molecule has 3 nitrogen and oxygen atoms in total. The van der Waals surface area contributed by atoms with Gasteiger partial charge in [0.05, 0.1) is 11.8 Å². The van der Waals surface area contributed by atoms with Crippen LogP contribution in [0, 0.1) is 11.8 Å². The van der Waals surface area contributed by atoms with E-state index in [1.807, 2.05) is 0 Å². The molecule has 1 aliphatic heterocycles. The first-order valence-corrected chi connectivity index (χ1v) is 3.39. The Morgan fingerprint density at radius 3 is 1.91 bits per heavy atom. The highest BCUT2D eigenvalue weighted by molar-refractivity contribution is 5.98. The number of allylic oxidation sites excluding steroid dienone is 2. The fraction of sp³-hybridized carbons (Fsp3) is 0.250. The van der Waals surface area contributed by atoms with E-state index >= 15 is 0 Å². The minimum Gasteiger partial charge on any atom is -0.392 e. The molecule has 1 fully saturated rings. The summed E-state index contributed by atoms with van der Waals surface area (Å²) >= 11 is 0. The van der Waals surface area contributed by atoms with E-state index in [1.165, 1.54) is 0 Å². The van der Waals surface area contributed by atoms with Crippen molar-refractivity contribution < 1.29 is 14.3 Å². The Labute approximate surface area is 63.3 Å². The first-order chi connectivity index (χ1) is 5.29. The third-order valence-corrected chi connectivity index (χ3v) is 1.88. The number of fused-ring (bicyclic) bond motifs is 1. The SMILES string of the molecule is O=C1OC(=O)[C@@H]2C=CC=C[C@@H]12. The quantitative estimate of drug-likeness (QED) is 0.371. The zero-order chi connectivity index (χ0) is 7.84. The maximum atomic E-state index is 10.9. The highest BCUT2D eigenvalue weighted by atomic mass is 16.6. The fourth-order valence-electron chi connectivity index (χ4n) is 1.29. The first-order valence-electron chi connectivity index (χ1n) is 3.39. The number of hydrogen-bond acceptors (Lipinski definition) is 3. The maximum Gasteiger partial charge on any atom is 0.321 e. The summed E-state index contributed by atoms with van der Waals surface area (Å²) in [5.41, 5.74) is 0. The molecule has 0 spiro atoms. The molecule has 0 saturated carbocycles. The van der Waals surface area contributed by atoms with Crippen molar-refractivity contribution in [1.29, 1.82) is 0 Å². The second-order valence-corrected chi connectivity index (χ2v) is 2.56. The summed E-state index contributed by atoms with van der Waals surface area (Å²) in [4.78, 5) is 21.8. The van der Waals surface area contributed by atoms with Gasteiger partial charge in [-0.15, -0.1) is 0 Å². The molecule has 1 heterocycles. The Balaban J connectivity index is 2.37. The van der Waals surface area contributed by atoms with Gasteiger partial charge in [-0.1, -0.05) is 24.3 Å². The molecular weight excluding hydrogens is 144 g/mol. The van der Waals surface area contributed by atoms with Crippen LogP contribution in [0.1, 0.15) is 0 Å². The summed E-state index contributed by atoms with van der Waals surface area (Å²) in [6.45, 7) is 0. The smallest absolute Gasteiger partial charge is 0.321 e. The van der Waals surface area contributed by atoms with E-state index in [0.29, 0.717) is 0 Å². The van der Waals surface area contributed by atoms with E-state index in [4.69, 9.17) is 0 Å². The number of hydrogen-bond donors (Lipinski definition) is 0. The molecule has 0 aromatic heterocycles. The molecular formula is C8H6O3. The van der Waals surface area contributed by atoms with Crippen molar-refractivity contribution in [2.75, 3.05) is 0 Å². The second kappa shape index (κ2) is 2.05. The molecule has 1 aliphatic carbocycles. The predicted octanol–water partition coefficient (Wildman–Crippen LogP) is 0.428. The van der Waals surface area contributed by atoms with Gasteiger partial charge in [0, 0.05) is 0 Å². The van der Waals surface area contributed by atoms with Crippen molar-refractivity contribution >= 4 is 11.9 Å². The van der Waals surface area contributed by atoms with Crippen molar-refractivity contribution in [1.82, 2.24) is 0 Å². The molecule has 0 bridgehead atoms. The van der Waals surface area contributed by atoms with E-state index in [1.54, 1.807) is 24.3 Å². The normalized spacial score (nSPS) is 33.8. The highest BCUT2D eigenvalue weighted by Gasteiger charge is 2.41. The monoisotopic (exact) mass is 150 g/mol. The van der Waals surface area contributed by atoms with Gasteiger partial charge in [0.2, 0.25) is 0 Å².